The average Bonchev–Trinajstić information content (AvgIpc) is 2.86. The molecule has 0 saturated heterocycles. The third kappa shape index (κ3) is 2.35. The Kier molecular flexibility index (Phi) is 3.13. The summed E-state index contributed by atoms with van der Waals surface area (Å²) in [6.45, 7) is 0.228. The van der Waals surface area contributed by atoms with Gasteiger partial charge in [-0.15, -0.1) is 0 Å². The number of fused-ring (bicyclic) bond motifs is 1. The van der Waals surface area contributed by atoms with Gasteiger partial charge in [0.05, 0.1) is 4.92 Å². The SMILES string of the molecule is O=[N+]([O-])c1cccc2ccn(Cc3ccc(F)c(F)c3)c12. The van der Waals surface area contributed by atoms with Crippen LogP contribution in [0.25, 0.3) is 10.9 Å². The minimum Gasteiger partial charge on any atom is -0.337 e. The first-order valence-corrected chi connectivity index (χ1v) is 6.22. The first-order chi connectivity index (χ1) is 10.1. The molecule has 0 bridgehead atoms. The monoisotopic (exact) mass is 288 g/mol. The standard InChI is InChI=1S/C15H10F2N2O2/c16-12-5-4-10(8-13(12)17)9-18-7-6-11-2-1-3-14(15(11)18)19(20)21/h1-8H,9H2. The van der Waals surface area contributed by atoms with Crippen molar-refractivity contribution in [3.8, 4) is 0 Å². The van der Waals surface area contributed by atoms with E-state index in [2.05, 4.69) is 0 Å². The fourth-order valence-corrected chi connectivity index (χ4v) is 2.35. The summed E-state index contributed by atoms with van der Waals surface area (Å²) in [5.41, 5.74) is 0.983. The summed E-state index contributed by atoms with van der Waals surface area (Å²) < 4.78 is 27.8. The lowest BCUT2D eigenvalue weighted by molar-refractivity contribution is -0.383. The highest BCUT2D eigenvalue weighted by Crippen LogP contribution is 2.27. The quantitative estimate of drug-likeness (QED) is 0.542. The molecule has 6 heteroatoms. The van der Waals surface area contributed by atoms with E-state index in [9.17, 15) is 18.9 Å². The Bertz CT molecular complexity index is 843. The number of nitro benzene ring substituents is 1. The summed E-state index contributed by atoms with van der Waals surface area (Å²) >= 11 is 0. The number of hydrogen-bond acceptors (Lipinski definition) is 2. The van der Waals surface area contributed by atoms with E-state index in [0.717, 1.165) is 17.5 Å². The van der Waals surface area contributed by atoms with E-state index < -0.39 is 16.6 Å². The highest BCUT2D eigenvalue weighted by Gasteiger charge is 2.15. The summed E-state index contributed by atoms with van der Waals surface area (Å²) in [5.74, 6) is -1.85. The number of rotatable bonds is 3. The molecule has 4 nitrogen and oxygen atoms in total. The molecule has 0 N–H and O–H groups in total. The number of hydrogen-bond donors (Lipinski definition) is 0. The van der Waals surface area contributed by atoms with Crippen LogP contribution in [0.4, 0.5) is 14.5 Å². The molecule has 1 aromatic heterocycles. The molecule has 0 aliphatic heterocycles. The van der Waals surface area contributed by atoms with Crippen molar-refractivity contribution in [1.29, 1.82) is 0 Å². The second kappa shape index (κ2) is 4.97. The van der Waals surface area contributed by atoms with Crippen molar-refractivity contribution in [3.05, 3.63) is 76.0 Å². The Morgan fingerprint density at radius 3 is 2.62 bits per heavy atom. The predicted molar refractivity (Wildman–Crippen MR) is 74.1 cm³/mol. The molecule has 0 unspecified atom stereocenters. The van der Waals surface area contributed by atoms with Crippen LogP contribution in [0.2, 0.25) is 0 Å². The maximum absolute atomic E-state index is 13.2. The minimum atomic E-state index is -0.932. The van der Waals surface area contributed by atoms with E-state index in [1.807, 2.05) is 0 Å². The zero-order valence-electron chi connectivity index (χ0n) is 10.8. The van der Waals surface area contributed by atoms with Crippen LogP contribution < -0.4 is 0 Å². The van der Waals surface area contributed by atoms with Gasteiger partial charge in [0.1, 0.15) is 5.52 Å². The van der Waals surface area contributed by atoms with Gasteiger partial charge in [-0.3, -0.25) is 10.1 Å². The topological polar surface area (TPSA) is 48.1 Å². The Hall–Kier alpha value is -2.76. The Morgan fingerprint density at radius 1 is 1.10 bits per heavy atom. The molecule has 0 atom stereocenters. The highest BCUT2D eigenvalue weighted by atomic mass is 19.2. The number of non-ortho nitro benzene ring substituents is 1. The molecular weight excluding hydrogens is 278 g/mol. The number of aromatic nitrogens is 1. The van der Waals surface area contributed by atoms with Crippen molar-refractivity contribution < 1.29 is 13.7 Å². The van der Waals surface area contributed by atoms with Crippen LogP contribution >= 0.6 is 0 Å². The van der Waals surface area contributed by atoms with E-state index in [1.54, 1.807) is 29.0 Å². The van der Waals surface area contributed by atoms with Gasteiger partial charge in [0, 0.05) is 24.2 Å². The second-order valence-electron chi connectivity index (χ2n) is 4.66. The second-order valence-corrected chi connectivity index (χ2v) is 4.66. The molecule has 0 spiro atoms. The van der Waals surface area contributed by atoms with Crippen LogP contribution in [0.1, 0.15) is 5.56 Å². The first-order valence-electron chi connectivity index (χ1n) is 6.22. The van der Waals surface area contributed by atoms with Gasteiger partial charge in [-0.05, 0) is 23.8 Å². The van der Waals surface area contributed by atoms with E-state index in [-0.39, 0.29) is 12.2 Å². The molecule has 3 rings (SSSR count). The smallest absolute Gasteiger partial charge is 0.293 e. The van der Waals surface area contributed by atoms with Gasteiger partial charge in [0.25, 0.3) is 5.69 Å². The summed E-state index contributed by atoms with van der Waals surface area (Å²) in [4.78, 5) is 10.6. The molecule has 0 aliphatic rings. The van der Waals surface area contributed by atoms with E-state index in [0.29, 0.717) is 11.1 Å². The van der Waals surface area contributed by atoms with Crippen molar-refractivity contribution in [3.63, 3.8) is 0 Å². The summed E-state index contributed by atoms with van der Waals surface area (Å²) in [5, 5.41) is 11.8. The summed E-state index contributed by atoms with van der Waals surface area (Å²) in [7, 11) is 0. The van der Waals surface area contributed by atoms with E-state index >= 15 is 0 Å². The van der Waals surface area contributed by atoms with Gasteiger partial charge in [0.2, 0.25) is 0 Å². The van der Waals surface area contributed by atoms with E-state index in [1.165, 1.54) is 12.1 Å². The molecule has 1 heterocycles. The van der Waals surface area contributed by atoms with Gasteiger partial charge < -0.3 is 4.57 Å². The van der Waals surface area contributed by atoms with Crippen molar-refractivity contribution in [2.45, 2.75) is 6.54 Å². The van der Waals surface area contributed by atoms with Crippen molar-refractivity contribution in [1.82, 2.24) is 4.57 Å². The molecule has 0 amide bonds. The summed E-state index contributed by atoms with van der Waals surface area (Å²) in [6, 6.07) is 10.2. The Morgan fingerprint density at radius 2 is 1.90 bits per heavy atom. The van der Waals surface area contributed by atoms with Gasteiger partial charge in [0.15, 0.2) is 11.6 Å². The van der Waals surface area contributed by atoms with Crippen molar-refractivity contribution >= 4 is 16.6 Å². The highest BCUT2D eigenvalue weighted by molar-refractivity contribution is 5.88. The minimum absolute atomic E-state index is 0.0138. The summed E-state index contributed by atoms with van der Waals surface area (Å²) in [6.07, 6.45) is 1.69. The van der Waals surface area contributed by atoms with Crippen molar-refractivity contribution in [2.75, 3.05) is 0 Å². The molecular formula is C15H10F2N2O2. The number of benzene rings is 2. The fraction of sp³-hybridized carbons (Fsp3) is 0.0667. The lowest BCUT2D eigenvalue weighted by Gasteiger charge is -2.06. The van der Waals surface area contributed by atoms with Crippen LogP contribution in [0.5, 0.6) is 0 Å². The fourth-order valence-electron chi connectivity index (χ4n) is 2.35. The van der Waals surface area contributed by atoms with Crippen LogP contribution in [0.15, 0.2) is 48.7 Å². The largest absolute Gasteiger partial charge is 0.337 e. The maximum Gasteiger partial charge on any atom is 0.293 e. The predicted octanol–water partition coefficient (Wildman–Crippen LogP) is 3.88. The molecule has 3 aromatic rings. The zero-order chi connectivity index (χ0) is 15.0. The number of halogens is 2. The molecule has 2 aromatic carbocycles. The lowest BCUT2D eigenvalue weighted by Crippen LogP contribution is -2.01. The Balaban J connectivity index is 2.08. The zero-order valence-corrected chi connectivity index (χ0v) is 10.8. The average molecular weight is 288 g/mol. The van der Waals surface area contributed by atoms with Gasteiger partial charge in [-0.1, -0.05) is 18.2 Å². The number of para-hydroxylation sites is 1. The van der Waals surface area contributed by atoms with Gasteiger partial charge in [-0.2, -0.15) is 0 Å². The van der Waals surface area contributed by atoms with Crippen LogP contribution in [0, 0.1) is 21.7 Å². The van der Waals surface area contributed by atoms with Crippen molar-refractivity contribution in [2.24, 2.45) is 0 Å². The van der Waals surface area contributed by atoms with Crippen LogP contribution in [-0.4, -0.2) is 9.49 Å². The maximum atomic E-state index is 13.2. The van der Waals surface area contributed by atoms with Gasteiger partial charge >= 0.3 is 0 Å². The normalized spacial score (nSPS) is 11.0. The van der Waals surface area contributed by atoms with Crippen LogP contribution in [-0.2, 0) is 6.54 Å². The molecule has 106 valence electrons. The number of nitrogens with zero attached hydrogens (tertiary/aromatic N) is 2. The lowest BCUT2D eigenvalue weighted by atomic mass is 10.2. The van der Waals surface area contributed by atoms with Gasteiger partial charge in [-0.25, -0.2) is 8.78 Å². The molecule has 0 radical (unpaired) electrons. The van der Waals surface area contributed by atoms with E-state index in [4.69, 9.17) is 0 Å². The number of nitro groups is 1. The molecule has 0 fully saturated rings. The third-order valence-electron chi connectivity index (χ3n) is 3.30. The molecule has 0 aliphatic carbocycles. The molecule has 0 saturated carbocycles. The third-order valence-corrected chi connectivity index (χ3v) is 3.30. The Labute approximate surface area is 118 Å². The van der Waals surface area contributed by atoms with Crippen LogP contribution in [0.3, 0.4) is 0 Å². The molecule has 21 heavy (non-hydrogen) atoms. The first kappa shape index (κ1) is 13.2.